The van der Waals surface area contributed by atoms with Crippen LogP contribution >= 0.6 is 0 Å². The van der Waals surface area contributed by atoms with E-state index in [-0.39, 0.29) is 12.0 Å². The molecular weight excluding hydrogens is 308 g/mol. The zero-order valence-electron chi connectivity index (χ0n) is 14.4. The maximum absolute atomic E-state index is 12.5. The summed E-state index contributed by atoms with van der Waals surface area (Å²) >= 11 is 0. The van der Waals surface area contributed by atoms with Crippen molar-refractivity contribution in [3.8, 4) is 0 Å². The molecule has 1 atom stereocenters. The van der Waals surface area contributed by atoms with Crippen LogP contribution in [0.1, 0.15) is 29.3 Å². The fourth-order valence-corrected chi connectivity index (χ4v) is 2.85. The highest BCUT2D eigenvalue weighted by Crippen LogP contribution is 2.13. The van der Waals surface area contributed by atoms with E-state index in [9.17, 15) is 14.4 Å². The summed E-state index contributed by atoms with van der Waals surface area (Å²) in [7, 11) is 1.37. The monoisotopic (exact) mass is 332 g/mol. The number of ketones is 1. The number of piperazine rings is 1. The van der Waals surface area contributed by atoms with Gasteiger partial charge in [0.2, 0.25) is 5.78 Å². The molecule has 1 aromatic carbocycles. The molecular formula is C18H24N2O4. The van der Waals surface area contributed by atoms with E-state index in [0.29, 0.717) is 38.2 Å². The Labute approximate surface area is 142 Å². The van der Waals surface area contributed by atoms with Crippen molar-refractivity contribution in [2.24, 2.45) is 0 Å². The number of methoxy groups -OCH3 is 1. The number of esters is 1. The molecule has 1 aliphatic rings. The minimum atomic E-state index is -0.468. The van der Waals surface area contributed by atoms with E-state index in [1.165, 1.54) is 7.11 Å². The van der Waals surface area contributed by atoms with Gasteiger partial charge in [-0.2, -0.15) is 0 Å². The molecule has 1 saturated heterocycles. The Balaban J connectivity index is 1.93. The number of carbonyl (C=O) groups is 3. The first kappa shape index (κ1) is 18.1. The van der Waals surface area contributed by atoms with E-state index in [1.54, 1.807) is 17.0 Å². The van der Waals surface area contributed by atoms with Crippen LogP contribution in [0.2, 0.25) is 0 Å². The van der Waals surface area contributed by atoms with Crippen LogP contribution in [0.3, 0.4) is 0 Å². The molecule has 2 rings (SSSR count). The lowest BCUT2D eigenvalue weighted by atomic mass is 10.1. The Bertz CT molecular complexity index is 612. The third kappa shape index (κ3) is 4.41. The predicted molar refractivity (Wildman–Crippen MR) is 89.8 cm³/mol. The molecule has 1 fully saturated rings. The van der Waals surface area contributed by atoms with E-state index in [0.717, 1.165) is 5.56 Å². The van der Waals surface area contributed by atoms with Crippen LogP contribution in [0, 0.1) is 6.92 Å². The van der Waals surface area contributed by atoms with Gasteiger partial charge in [-0.15, -0.1) is 0 Å². The van der Waals surface area contributed by atoms with Crippen LogP contribution in [-0.2, 0) is 14.3 Å². The number of carbonyl (C=O) groups excluding carboxylic acids is 3. The Kier molecular flexibility index (Phi) is 6.09. The molecule has 0 spiro atoms. The molecule has 6 heteroatoms. The fraction of sp³-hybridized carbons (Fsp3) is 0.500. The summed E-state index contributed by atoms with van der Waals surface area (Å²) in [6.07, 6.45) is 0.333. The van der Waals surface area contributed by atoms with E-state index >= 15 is 0 Å². The number of rotatable bonds is 5. The van der Waals surface area contributed by atoms with Crippen molar-refractivity contribution < 1.29 is 19.1 Å². The molecule has 0 aromatic heterocycles. The molecule has 1 heterocycles. The van der Waals surface area contributed by atoms with Crippen LogP contribution < -0.4 is 0 Å². The second kappa shape index (κ2) is 8.06. The van der Waals surface area contributed by atoms with Crippen molar-refractivity contribution in [3.05, 3.63) is 35.4 Å². The number of nitrogens with zero attached hydrogens (tertiary/aromatic N) is 2. The van der Waals surface area contributed by atoms with Crippen molar-refractivity contribution in [3.63, 3.8) is 0 Å². The normalized spacial score (nSPS) is 18.3. The van der Waals surface area contributed by atoms with E-state index in [2.05, 4.69) is 9.64 Å². The van der Waals surface area contributed by atoms with Crippen molar-refractivity contribution in [2.75, 3.05) is 33.3 Å². The van der Waals surface area contributed by atoms with Gasteiger partial charge in [0.15, 0.2) is 0 Å². The summed E-state index contributed by atoms with van der Waals surface area (Å²) in [6, 6.07) is 6.96. The molecule has 0 saturated carbocycles. The summed E-state index contributed by atoms with van der Waals surface area (Å²) in [6.45, 7) is 6.23. The van der Waals surface area contributed by atoms with Crippen LogP contribution in [0.5, 0.6) is 0 Å². The Morgan fingerprint density at radius 1 is 1.17 bits per heavy atom. The van der Waals surface area contributed by atoms with Crippen LogP contribution in [0.15, 0.2) is 24.3 Å². The first-order chi connectivity index (χ1) is 11.4. The number of Topliss-reactive ketones (excluding diaryl/α,β-unsaturated/α-hetero) is 1. The number of benzene rings is 1. The number of hydrogen-bond donors (Lipinski definition) is 0. The van der Waals surface area contributed by atoms with Gasteiger partial charge in [-0.05, 0) is 13.8 Å². The summed E-state index contributed by atoms with van der Waals surface area (Å²) < 4.78 is 4.64. The maximum atomic E-state index is 12.5. The highest BCUT2D eigenvalue weighted by molar-refractivity contribution is 6.42. The number of hydrogen-bond acceptors (Lipinski definition) is 5. The highest BCUT2D eigenvalue weighted by Gasteiger charge is 2.31. The minimum Gasteiger partial charge on any atom is -0.469 e. The van der Waals surface area contributed by atoms with E-state index in [1.807, 2.05) is 26.0 Å². The SMILES string of the molecule is COC(=O)CCN1CCN(C(=O)C(=O)c2ccc(C)cc2)[C@H](C)C1. The molecule has 0 bridgehead atoms. The molecule has 6 nitrogen and oxygen atoms in total. The lowest BCUT2D eigenvalue weighted by Crippen LogP contribution is -2.55. The molecule has 0 radical (unpaired) electrons. The highest BCUT2D eigenvalue weighted by atomic mass is 16.5. The van der Waals surface area contributed by atoms with E-state index in [4.69, 9.17) is 0 Å². The first-order valence-corrected chi connectivity index (χ1v) is 8.13. The van der Waals surface area contributed by atoms with Gasteiger partial charge in [-0.1, -0.05) is 29.8 Å². The molecule has 1 aromatic rings. The molecule has 0 unspecified atom stereocenters. The second-order valence-corrected chi connectivity index (χ2v) is 6.17. The summed E-state index contributed by atoms with van der Waals surface area (Å²) in [5, 5.41) is 0. The Hall–Kier alpha value is -2.21. The van der Waals surface area contributed by atoms with Gasteiger partial charge < -0.3 is 9.64 Å². The first-order valence-electron chi connectivity index (χ1n) is 8.13. The average molecular weight is 332 g/mol. The van der Waals surface area contributed by atoms with Crippen molar-refractivity contribution >= 4 is 17.7 Å². The van der Waals surface area contributed by atoms with Crippen LogP contribution in [-0.4, -0.2) is 66.8 Å². The van der Waals surface area contributed by atoms with Crippen molar-refractivity contribution in [1.82, 2.24) is 9.80 Å². The Morgan fingerprint density at radius 2 is 1.83 bits per heavy atom. The Morgan fingerprint density at radius 3 is 2.42 bits per heavy atom. The second-order valence-electron chi connectivity index (χ2n) is 6.17. The summed E-state index contributed by atoms with van der Waals surface area (Å²) in [5.74, 6) is -1.17. The zero-order chi connectivity index (χ0) is 17.7. The van der Waals surface area contributed by atoms with Gasteiger partial charge >= 0.3 is 5.97 Å². The quantitative estimate of drug-likeness (QED) is 0.461. The van der Waals surface area contributed by atoms with Gasteiger partial charge in [0, 0.05) is 37.8 Å². The smallest absolute Gasteiger partial charge is 0.306 e. The van der Waals surface area contributed by atoms with Gasteiger partial charge in [-0.3, -0.25) is 19.3 Å². The average Bonchev–Trinajstić information content (AvgIpc) is 2.59. The zero-order valence-corrected chi connectivity index (χ0v) is 14.4. The number of aryl methyl sites for hydroxylation is 1. The van der Waals surface area contributed by atoms with E-state index < -0.39 is 11.7 Å². The maximum Gasteiger partial charge on any atom is 0.306 e. The van der Waals surface area contributed by atoms with Gasteiger partial charge in [0.05, 0.1) is 13.5 Å². The van der Waals surface area contributed by atoms with Crippen LogP contribution in [0.4, 0.5) is 0 Å². The molecule has 0 aliphatic carbocycles. The summed E-state index contributed by atoms with van der Waals surface area (Å²) in [5.41, 5.74) is 1.47. The third-order valence-electron chi connectivity index (χ3n) is 4.34. The van der Waals surface area contributed by atoms with Crippen LogP contribution in [0.25, 0.3) is 0 Å². The van der Waals surface area contributed by atoms with Gasteiger partial charge in [-0.25, -0.2) is 0 Å². The fourth-order valence-electron chi connectivity index (χ4n) is 2.85. The lowest BCUT2D eigenvalue weighted by Gasteiger charge is -2.39. The molecule has 130 valence electrons. The number of ether oxygens (including phenoxy) is 1. The molecule has 1 amide bonds. The largest absolute Gasteiger partial charge is 0.469 e. The predicted octanol–water partition coefficient (Wildman–Crippen LogP) is 1.27. The standard InChI is InChI=1S/C18H24N2O4/c1-13-4-6-15(7-5-13)17(22)18(23)20-11-10-19(12-14(20)2)9-8-16(21)24-3/h4-7,14H,8-12H2,1-3H3/t14-/m1/s1. The molecule has 24 heavy (non-hydrogen) atoms. The number of amides is 1. The molecule has 1 aliphatic heterocycles. The minimum absolute atomic E-state index is 0.0710. The molecule has 0 N–H and O–H groups in total. The van der Waals surface area contributed by atoms with Gasteiger partial charge in [0.25, 0.3) is 5.91 Å². The lowest BCUT2D eigenvalue weighted by molar-refractivity contribution is -0.141. The van der Waals surface area contributed by atoms with Gasteiger partial charge in [0.1, 0.15) is 0 Å². The van der Waals surface area contributed by atoms with Crippen molar-refractivity contribution in [2.45, 2.75) is 26.3 Å². The summed E-state index contributed by atoms with van der Waals surface area (Å²) in [4.78, 5) is 39.8. The third-order valence-corrected chi connectivity index (χ3v) is 4.34. The van der Waals surface area contributed by atoms with Crippen molar-refractivity contribution in [1.29, 1.82) is 0 Å². The topological polar surface area (TPSA) is 66.9 Å².